The minimum atomic E-state index is -1.09. The van der Waals surface area contributed by atoms with Crippen LogP contribution in [0.1, 0.15) is 6.42 Å². The van der Waals surface area contributed by atoms with E-state index in [9.17, 15) is 18.4 Å². The first-order valence-electron chi connectivity index (χ1n) is 6.03. The van der Waals surface area contributed by atoms with Crippen molar-refractivity contribution in [2.45, 2.75) is 17.4 Å². The van der Waals surface area contributed by atoms with Crippen molar-refractivity contribution < 1.29 is 23.5 Å². The van der Waals surface area contributed by atoms with Crippen molar-refractivity contribution in [1.29, 1.82) is 0 Å². The van der Waals surface area contributed by atoms with Crippen molar-refractivity contribution >= 4 is 35.4 Å². The SMILES string of the molecule is CSCC[C@@H](NC(=O)CSc1ccc(F)c(F)c1)C(=O)O. The lowest BCUT2D eigenvalue weighted by Gasteiger charge is -2.13. The number of thioether (sulfide) groups is 2. The number of carboxylic acids is 1. The van der Waals surface area contributed by atoms with Crippen LogP contribution < -0.4 is 5.32 Å². The molecule has 0 aliphatic heterocycles. The zero-order chi connectivity index (χ0) is 15.8. The lowest BCUT2D eigenvalue weighted by atomic mass is 10.2. The third kappa shape index (κ3) is 6.34. The van der Waals surface area contributed by atoms with Gasteiger partial charge in [-0.05, 0) is 36.6 Å². The molecule has 0 fully saturated rings. The number of amides is 1. The van der Waals surface area contributed by atoms with Gasteiger partial charge in [0.15, 0.2) is 11.6 Å². The molecule has 1 atom stereocenters. The Labute approximate surface area is 129 Å². The summed E-state index contributed by atoms with van der Waals surface area (Å²) in [5.41, 5.74) is 0. The van der Waals surface area contributed by atoms with Gasteiger partial charge in [-0.3, -0.25) is 4.79 Å². The molecule has 1 aromatic carbocycles. The average Bonchev–Trinajstić information content (AvgIpc) is 2.44. The molecule has 116 valence electrons. The average molecular weight is 335 g/mol. The predicted molar refractivity (Wildman–Crippen MR) is 79.6 cm³/mol. The van der Waals surface area contributed by atoms with Crippen LogP contribution in [0.4, 0.5) is 8.78 Å². The van der Waals surface area contributed by atoms with E-state index in [1.165, 1.54) is 17.8 Å². The molecule has 0 saturated carbocycles. The Bertz CT molecular complexity index is 514. The van der Waals surface area contributed by atoms with Crippen LogP contribution in [-0.4, -0.2) is 40.8 Å². The van der Waals surface area contributed by atoms with E-state index in [-0.39, 0.29) is 5.75 Å². The molecule has 1 rings (SSSR count). The molecular weight excluding hydrogens is 320 g/mol. The Morgan fingerprint density at radius 2 is 2.05 bits per heavy atom. The second kappa shape index (κ2) is 8.89. The van der Waals surface area contributed by atoms with Crippen LogP contribution in [0.2, 0.25) is 0 Å². The first-order valence-corrected chi connectivity index (χ1v) is 8.41. The zero-order valence-corrected chi connectivity index (χ0v) is 12.9. The highest BCUT2D eigenvalue weighted by atomic mass is 32.2. The zero-order valence-electron chi connectivity index (χ0n) is 11.3. The maximum Gasteiger partial charge on any atom is 0.326 e. The van der Waals surface area contributed by atoms with E-state index >= 15 is 0 Å². The molecule has 0 aliphatic rings. The normalized spacial score (nSPS) is 12.0. The topological polar surface area (TPSA) is 66.4 Å². The molecule has 0 aromatic heterocycles. The van der Waals surface area contributed by atoms with Crippen LogP contribution in [-0.2, 0) is 9.59 Å². The number of halogens is 2. The van der Waals surface area contributed by atoms with Crippen molar-refractivity contribution in [1.82, 2.24) is 5.32 Å². The number of rotatable bonds is 8. The van der Waals surface area contributed by atoms with Gasteiger partial charge >= 0.3 is 5.97 Å². The summed E-state index contributed by atoms with van der Waals surface area (Å²) in [5.74, 6) is -2.93. The van der Waals surface area contributed by atoms with Gasteiger partial charge in [-0.1, -0.05) is 0 Å². The lowest BCUT2D eigenvalue weighted by molar-refractivity contribution is -0.141. The molecule has 0 heterocycles. The van der Waals surface area contributed by atoms with Gasteiger partial charge in [0.05, 0.1) is 5.75 Å². The maximum atomic E-state index is 13.0. The van der Waals surface area contributed by atoms with E-state index in [0.29, 0.717) is 17.1 Å². The summed E-state index contributed by atoms with van der Waals surface area (Å²) in [6.07, 6.45) is 2.18. The number of nitrogens with one attached hydrogen (secondary N) is 1. The Hall–Kier alpha value is -1.28. The largest absolute Gasteiger partial charge is 0.480 e. The highest BCUT2D eigenvalue weighted by Gasteiger charge is 2.19. The van der Waals surface area contributed by atoms with E-state index in [4.69, 9.17) is 5.11 Å². The van der Waals surface area contributed by atoms with Crippen molar-refractivity contribution in [3.05, 3.63) is 29.8 Å². The summed E-state index contributed by atoms with van der Waals surface area (Å²) in [5, 5.41) is 11.4. The van der Waals surface area contributed by atoms with Crippen LogP contribution in [0.25, 0.3) is 0 Å². The number of benzene rings is 1. The van der Waals surface area contributed by atoms with Crippen molar-refractivity contribution in [3.8, 4) is 0 Å². The fraction of sp³-hybridized carbons (Fsp3) is 0.385. The van der Waals surface area contributed by atoms with Crippen LogP contribution >= 0.6 is 23.5 Å². The maximum absolute atomic E-state index is 13.0. The van der Waals surface area contributed by atoms with Gasteiger partial charge < -0.3 is 10.4 Å². The van der Waals surface area contributed by atoms with Gasteiger partial charge in [0, 0.05) is 4.90 Å². The predicted octanol–water partition coefficient (Wildman–Crippen LogP) is 2.38. The highest BCUT2D eigenvalue weighted by Crippen LogP contribution is 2.20. The van der Waals surface area contributed by atoms with Crippen LogP contribution in [0, 0.1) is 11.6 Å². The van der Waals surface area contributed by atoms with Gasteiger partial charge in [0.1, 0.15) is 6.04 Å². The summed E-state index contributed by atoms with van der Waals surface area (Å²) in [6.45, 7) is 0. The van der Waals surface area contributed by atoms with Crippen molar-refractivity contribution in [2.24, 2.45) is 0 Å². The minimum Gasteiger partial charge on any atom is -0.480 e. The summed E-state index contributed by atoms with van der Waals surface area (Å²) >= 11 is 2.50. The van der Waals surface area contributed by atoms with E-state index in [1.807, 2.05) is 6.26 Å². The smallest absolute Gasteiger partial charge is 0.326 e. The Balaban J connectivity index is 2.48. The summed E-state index contributed by atoms with van der Waals surface area (Å²) in [7, 11) is 0. The third-order valence-electron chi connectivity index (χ3n) is 2.50. The molecule has 0 saturated heterocycles. The number of carboxylic acid groups (broad SMARTS) is 1. The highest BCUT2D eigenvalue weighted by molar-refractivity contribution is 8.00. The van der Waals surface area contributed by atoms with E-state index in [2.05, 4.69) is 5.32 Å². The molecule has 8 heteroatoms. The fourth-order valence-electron chi connectivity index (χ4n) is 1.44. The van der Waals surface area contributed by atoms with Gasteiger partial charge in [-0.2, -0.15) is 11.8 Å². The number of hydrogen-bond acceptors (Lipinski definition) is 4. The molecule has 0 aliphatic carbocycles. The molecule has 21 heavy (non-hydrogen) atoms. The number of carbonyl (C=O) groups excluding carboxylic acids is 1. The quantitative estimate of drug-likeness (QED) is 0.714. The van der Waals surface area contributed by atoms with Crippen molar-refractivity contribution in [2.75, 3.05) is 17.8 Å². The molecule has 1 aromatic rings. The molecule has 2 N–H and O–H groups in total. The number of hydrogen-bond donors (Lipinski definition) is 2. The monoisotopic (exact) mass is 335 g/mol. The van der Waals surface area contributed by atoms with Gasteiger partial charge in [-0.25, -0.2) is 13.6 Å². The van der Waals surface area contributed by atoms with Crippen LogP contribution in [0.5, 0.6) is 0 Å². The Kier molecular flexibility index (Phi) is 7.52. The number of aliphatic carboxylic acids is 1. The summed E-state index contributed by atoms with van der Waals surface area (Å²) in [6, 6.07) is 2.40. The lowest BCUT2D eigenvalue weighted by Crippen LogP contribution is -2.42. The van der Waals surface area contributed by atoms with Crippen LogP contribution in [0.3, 0.4) is 0 Å². The first kappa shape index (κ1) is 17.8. The fourth-order valence-corrected chi connectivity index (χ4v) is 2.65. The van der Waals surface area contributed by atoms with E-state index < -0.39 is 29.6 Å². The summed E-state index contributed by atoms with van der Waals surface area (Å²) in [4.78, 5) is 23.1. The standard InChI is InChI=1S/C13H15F2NO3S2/c1-20-5-4-11(13(18)19)16-12(17)7-21-8-2-3-9(14)10(15)6-8/h2-3,6,11H,4-5,7H2,1H3,(H,16,17)(H,18,19)/t11-/m1/s1. The van der Waals surface area contributed by atoms with E-state index in [0.717, 1.165) is 23.9 Å². The third-order valence-corrected chi connectivity index (χ3v) is 4.14. The minimum absolute atomic E-state index is 0.0614. The molecule has 0 radical (unpaired) electrons. The van der Waals surface area contributed by atoms with Gasteiger partial charge in [-0.15, -0.1) is 11.8 Å². The van der Waals surface area contributed by atoms with Crippen LogP contribution in [0.15, 0.2) is 23.1 Å². The van der Waals surface area contributed by atoms with Crippen molar-refractivity contribution in [3.63, 3.8) is 0 Å². The Morgan fingerprint density at radius 3 is 2.62 bits per heavy atom. The molecule has 0 spiro atoms. The molecule has 0 unspecified atom stereocenters. The molecule has 1 amide bonds. The molecule has 0 bridgehead atoms. The summed E-state index contributed by atoms with van der Waals surface area (Å²) < 4.78 is 25.7. The van der Waals surface area contributed by atoms with Gasteiger partial charge in [0.25, 0.3) is 0 Å². The first-order chi connectivity index (χ1) is 9.93. The molecular formula is C13H15F2NO3S2. The second-order valence-corrected chi connectivity index (χ2v) is 6.14. The second-order valence-electron chi connectivity index (χ2n) is 4.10. The van der Waals surface area contributed by atoms with E-state index in [1.54, 1.807) is 0 Å². The molecule has 4 nitrogen and oxygen atoms in total. The van der Waals surface area contributed by atoms with Gasteiger partial charge in [0.2, 0.25) is 5.91 Å². The Morgan fingerprint density at radius 1 is 1.33 bits per heavy atom. The number of carbonyl (C=O) groups is 2.